The Balaban J connectivity index is 1.70. The maximum atomic E-state index is 13.6. The SMILES string of the molecule is COc1cc(/C=C/C(=O)NC2=NCCS2)cc(S(=O)(=O)N2CCc3ccccc32)c1OC. The van der Waals surface area contributed by atoms with Gasteiger partial charge in [0.25, 0.3) is 10.0 Å². The molecule has 0 spiro atoms. The molecule has 2 aromatic carbocycles. The van der Waals surface area contributed by atoms with Crippen LogP contribution in [0.25, 0.3) is 6.08 Å². The summed E-state index contributed by atoms with van der Waals surface area (Å²) in [6.07, 6.45) is 3.51. The number of fused-ring (bicyclic) bond motifs is 1. The molecule has 0 radical (unpaired) electrons. The monoisotopic (exact) mass is 473 g/mol. The van der Waals surface area contributed by atoms with Crippen LogP contribution in [0.3, 0.4) is 0 Å². The molecule has 168 valence electrons. The third kappa shape index (κ3) is 4.33. The second-order valence-electron chi connectivity index (χ2n) is 7.07. The Bertz CT molecular complexity index is 1210. The van der Waals surface area contributed by atoms with Crippen molar-refractivity contribution in [3.8, 4) is 11.5 Å². The summed E-state index contributed by atoms with van der Waals surface area (Å²) < 4.78 is 39.5. The van der Waals surface area contributed by atoms with Crippen molar-refractivity contribution in [2.45, 2.75) is 11.3 Å². The van der Waals surface area contributed by atoms with Crippen molar-refractivity contribution in [1.82, 2.24) is 5.32 Å². The largest absolute Gasteiger partial charge is 0.493 e. The minimum Gasteiger partial charge on any atom is -0.493 e. The smallest absolute Gasteiger partial charge is 0.268 e. The van der Waals surface area contributed by atoms with E-state index in [9.17, 15) is 13.2 Å². The van der Waals surface area contributed by atoms with Gasteiger partial charge in [0, 0.05) is 18.4 Å². The Kier molecular flexibility index (Phi) is 6.43. The first kappa shape index (κ1) is 22.2. The highest BCUT2D eigenvalue weighted by atomic mass is 32.2. The molecular weight excluding hydrogens is 450 g/mol. The van der Waals surface area contributed by atoms with E-state index in [1.165, 1.54) is 48.5 Å². The van der Waals surface area contributed by atoms with Crippen LogP contribution >= 0.6 is 11.8 Å². The first-order valence-electron chi connectivity index (χ1n) is 9.97. The van der Waals surface area contributed by atoms with Crippen LogP contribution in [0.15, 0.2) is 52.4 Å². The standard InChI is InChI=1S/C22H23N3O5S2/c1-29-18-13-15(7-8-20(26)24-22-23-10-12-31-22)14-19(21(18)30-2)32(27,28)25-11-9-16-5-3-4-6-17(16)25/h3-8,13-14H,9-12H2,1-2H3,(H,23,24,26)/b8-7+. The van der Waals surface area contributed by atoms with E-state index in [2.05, 4.69) is 10.3 Å². The molecule has 4 rings (SSSR count). The molecule has 0 fully saturated rings. The number of hydrogen-bond donors (Lipinski definition) is 1. The zero-order chi connectivity index (χ0) is 22.7. The summed E-state index contributed by atoms with van der Waals surface area (Å²) in [6, 6.07) is 10.5. The Morgan fingerprint density at radius 2 is 2.03 bits per heavy atom. The van der Waals surface area contributed by atoms with E-state index in [0.717, 1.165) is 11.3 Å². The average molecular weight is 474 g/mol. The van der Waals surface area contributed by atoms with Crippen molar-refractivity contribution in [2.75, 3.05) is 37.4 Å². The zero-order valence-corrected chi connectivity index (χ0v) is 19.3. The summed E-state index contributed by atoms with van der Waals surface area (Å²) in [5.74, 6) is 0.883. The number of nitrogens with zero attached hydrogens (tertiary/aromatic N) is 2. The van der Waals surface area contributed by atoms with Crippen molar-refractivity contribution in [1.29, 1.82) is 0 Å². The lowest BCUT2D eigenvalue weighted by atomic mass is 10.2. The molecule has 0 saturated heterocycles. The molecule has 2 aliphatic rings. The summed E-state index contributed by atoms with van der Waals surface area (Å²) in [7, 11) is -1.10. The van der Waals surface area contributed by atoms with Crippen LogP contribution in [0.2, 0.25) is 0 Å². The summed E-state index contributed by atoms with van der Waals surface area (Å²) >= 11 is 1.48. The van der Waals surface area contributed by atoms with Crippen LogP contribution in [0.5, 0.6) is 11.5 Å². The molecule has 0 aromatic heterocycles. The maximum Gasteiger partial charge on any atom is 0.268 e. The second kappa shape index (κ2) is 9.25. The van der Waals surface area contributed by atoms with Gasteiger partial charge in [0.2, 0.25) is 5.91 Å². The molecule has 0 aliphatic carbocycles. The number of carbonyl (C=O) groups is 1. The third-order valence-corrected chi connectivity index (χ3v) is 7.83. The summed E-state index contributed by atoms with van der Waals surface area (Å²) in [4.78, 5) is 16.4. The number of thioether (sulfide) groups is 1. The molecule has 1 N–H and O–H groups in total. The number of rotatable bonds is 6. The van der Waals surface area contributed by atoms with Gasteiger partial charge in [-0.05, 0) is 41.8 Å². The molecule has 2 aromatic rings. The van der Waals surface area contributed by atoms with Crippen molar-refractivity contribution in [2.24, 2.45) is 4.99 Å². The number of nitrogens with one attached hydrogen (secondary N) is 1. The summed E-state index contributed by atoms with van der Waals surface area (Å²) in [5, 5.41) is 3.29. The van der Waals surface area contributed by atoms with E-state index in [1.54, 1.807) is 12.1 Å². The third-order valence-electron chi connectivity index (χ3n) is 5.12. The van der Waals surface area contributed by atoms with Crippen LogP contribution in [-0.2, 0) is 21.2 Å². The number of aliphatic imine (C=N–C) groups is 1. The lowest BCUT2D eigenvalue weighted by Crippen LogP contribution is -2.29. The number of ether oxygens (including phenoxy) is 2. The van der Waals surface area contributed by atoms with Crippen LogP contribution in [0.1, 0.15) is 11.1 Å². The number of para-hydroxylation sites is 1. The van der Waals surface area contributed by atoms with Crippen LogP contribution in [-0.4, -0.2) is 52.6 Å². The molecule has 10 heteroatoms. The molecular formula is C22H23N3O5S2. The number of benzene rings is 2. The maximum absolute atomic E-state index is 13.6. The van der Waals surface area contributed by atoms with Gasteiger partial charge in [0.1, 0.15) is 4.90 Å². The average Bonchev–Trinajstić information content (AvgIpc) is 3.47. The van der Waals surface area contributed by atoms with E-state index in [1.807, 2.05) is 18.2 Å². The number of anilines is 1. The fraction of sp³-hybridized carbons (Fsp3) is 0.273. The van der Waals surface area contributed by atoms with Gasteiger partial charge < -0.3 is 14.8 Å². The topological polar surface area (TPSA) is 97.3 Å². The normalized spacial score (nSPS) is 15.6. The molecule has 0 saturated carbocycles. The van der Waals surface area contributed by atoms with Crippen LogP contribution in [0, 0.1) is 0 Å². The van der Waals surface area contributed by atoms with Gasteiger partial charge >= 0.3 is 0 Å². The highest BCUT2D eigenvalue weighted by Gasteiger charge is 2.34. The highest BCUT2D eigenvalue weighted by Crippen LogP contribution is 2.40. The van der Waals surface area contributed by atoms with E-state index in [0.29, 0.717) is 35.9 Å². The second-order valence-corrected chi connectivity index (χ2v) is 9.98. The van der Waals surface area contributed by atoms with Gasteiger partial charge in [-0.25, -0.2) is 8.42 Å². The van der Waals surface area contributed by atoms with Crippen LogP contribution in [0.4, 0.5) is 5.69 Å². The molecule has 2 aliphatic heterocycles. The fourth-order valence-electron chi connectivity index (χ4n) is 3.64. The number of sulfonamides is 1. The van der Waals surface area contributed by atoms with Gasteiger partial charge in [-0.1, -0.05) is 30.0 Å². The lowest BCUT2D eigenvalue weighted by molar-refractivity contribution is -0.115. The Morgan fingerprint density at radius 3 is 2.75 bits per heavy atom. The first-order chi connectivity index (χ1) is 15.4. The Labute approximate surface area is 191 Å². The molecule has 0 bridgehead atoms. The van der Waals surface area contributed by atoms with Crippen molar-refractivity contribution in [3.63, 3.8) is 0 Å². The molecule has 32 heavy (non-hydrogen) atoms. The number of amides is 1. The Hall–Kier alpha value is -2.98. The van der Waals surface area contributed by atoms with Gasteiger partial charge in [-0.2, -0.15) is 0 Å². The molecule has 1 amide bonds. The first-order valence-corrected chi connectivity index (χ1v) is 12.4. The summed E-state index contributed by atoms with van der Waals surface area (Å²) in [6.45, 7) is 1.02. The van der Waals surface area contributed by atoms with Crippen LogP contribution < -0.4 is 19.1 Å². The zero-order valence-electron chi connectivity index (χ0n) is 17.7. The van der Waals surface area contributed by atoms with Gasteiger partial charge in [-0.15, -0.1) is 0 Å². The van der Waals surface area contributed by atoms with E-state index in [-0.39, 0.29) is 22.3 Å². The predicted octanol–water partition coefficient (Wildman–Crippen LogP) is 2.69. The minimum absolute atomic E-state index is 0.0214. The van der Waals surface area contributed by atoms with E-state index >= 15 is 0 Å². The molecule has 8 nitrogen and oxygen atoms in total. The molecule has 0 unspecified atom stereocenters. The quantitative estimate of drug-likeness (QED) is 0.648. The van der Waals surface area contributed by atoms with Crippen molar-refractivity contribution >= 4 is 44.6 Å². The molecule has 0 atom stereocenters. The minimum atomic E-state index is -3.94. The predicted molar refractivity (Wildman–Crippen MR) is 126 cm³/mol. The van der Waals surface area contributed by atoms with Crippen molar-refractivity contribution < 1.29 is 22.7 Å². The van der Waals surface area contributed by atoms with Gasteiger partial charge in [0.15, 0.2) is 16.7 Å². The van der Waals surface area contributed by atoms with E-state index in [4.69, 9.17) is 9.47 Å². The lowest BCUT2D eigenvalue weighted by Gasteiger charge is -2.22. The van der Waals surface area contributed by atoms with Gasteiger partial charge in [-0.3, -0.25) is 14.1 Å². The van der Waals surface area contributed by atoms with E-state index < -0.39 is 10.0 Å². The number of hydrogen-bond acceptors (Lipinski definition) is 7. The number of methoxy groups -OCH3 is 2. The fourth-order valence-corrected chi connectivity index (χ4v) is 6.08. The Morgan fingerprint density at radius 1 is 1.22 bits per heavy atom. The number of amidine groups is 1. The summed E-state index contributed by atoms with van der Waals surface area (Å²) in [5.41, 5.74) is 2.12. The van der Waals surface area contributed by atoms with Crippen molar-refractivity contribution in [3.05, 3.63) is 53.6 Å². The van der Waals surface area contributed by atoms with Gasteiger partial charge in [0.05, 0.1) is 26.5 Å². The molecule has 2 heterocycles. The number of carbonyl (C=O) groups excluding carboxylic acids is 1. The highest BCUT2D eigenvalue weighted by molar-refractivity contribution is 8.14.